The van der Waals surface area contributed by atoms with Crippen molar-refractivity contribution in [1.29, 1.82) is 0 Å². The minimum absolute atomic E-state index is 0.506. The largest absolute Gasteiger partial charge is 0.477 e. The van der Waals surface area contributed by atoms with Crippen molar-refractivity contribution in [2.45, 2.75) is 19.4 Å². The second kappa shape index (κ2) is 13.5. The van der Waals surface area contributed by atoms with Crippen molar-refractivity contribution < 1.29 is 24.5 Å². The van der Waals surface area contributed by atoms with Gasteiger partial charge in [-0.05, 0) is 50.2 Å². The molecule has 0 saturated carbocycles. The van der Waals surface area contributed by atoms with Gasteiger partial charge in [0.1, 0.15) is 0 Å². The Hall–Kier alpha value is -3.07. The minimum Gasteiger partial charge on any atom is -0.477 e. The fraction of sp³-hybridized carbons (Fsp3) is 0.261. The van der Waals surface area contributed by atoms with Gasteiger partial charge in [0, 0.05) is 18.8 Å². The number of rotatable bonds is 9. The number of carboxylic acid groups (broad SMARTS) is 2. The van der Waals surface area contributed by atoms with Crippen molar-refractivity contribution in [3.63, 3.8) is 0 Å². The van der Waals surface area contributed by atoms with Crippen molar-refractivity contribution in [1.82, 2.24) is 14.7 Å². The number of nitrogens with zero attached hydrogens (tertiary/aromatic N) is 3. The molecule has 1 heterocycles. The van der Waals surface area contributed by atoms with Gasteiger partial charge < -0.3 is 19.8 Å². The van der Waals surface area contributed by atoms with Crippen molar-refractivity contribution in [2.75, 3.05) is 20.2 Å². The molecule has 176 valence electrons. The molecule has 0 spiro atoms. The maximum atomic E-state index is 9.10. The maximum absolute atomic E-state index is 9.10. The number of benzene rings is 2. The van der Waals surface area contributed by atoms with Crippen LogP contribution in [0.3, 0.4) is 0 Å². The van der Waals surface area contributed by atoms with Gasteiger partial charge in [-0.25, -0.2) is 14.3 Å². The molecule has 0 bridgehead atoms. The van der Waals surface area contributed by atoms with Crippen LogP contribution in [0.25, 0.3) is 5.69 Å². The monoisotopic (exact) mass is 493 g/mol. The van der Waals surface area contributed by atoms with E-state index in [-0.39, 0.29) is 0 Å². The first kappa shape index (κ1) is 26.2. The Kier molecular flexibility index (Phi) is 10.7. The first-order valence-electron chi connectivity index (χ1n) is 10.1. The van der Waals surface area contributed by atoms with Crippen LogP contribution in [0.4, 0.5) is 0 Å². The van der Waals surface area contributed by atoms with E-state index in [2.05, 4.69) is 41.3 Å². The second-order valence-corrected chi connectivity index (χ2v) is 7.90. The molecule has 0 aliphatic rings. The summed E-state index contributed by atoms with van der Waals surface area (Å²) in [7, 11) is 2.15. The number of unbranched alkanes of at least 4 members (excludes halogenated alkanes) is 1. The van der Waals surface area contributed by atoms with Gasteiger partial charge >= 0.3 is 11.9 Å². The molecule has 3 aromatic rings. The average molecular weight is 494 g/mol. The Morgan fingerprint density at radius 1 is 1.00 bits per heavy atom. The third kappa shape index (κ3) is 9.53. The van der Waals surface area contributed by atoms with Gasteiger partial charge in [0.25, 0.3) is 0 Å². The lowest BCUT2D eigenvalue weighted by Gasteiger charge is -2.16. The van der Waals surface area contributed by atoms with E-state index in [0.29, 0.717) is 22.5 Å². The number of aromatic nitrogens is 2. The highest BCUT2D eigenvalue weighted by Gasteiger charge is 2.06. The predicted octanol–water partition coefficient (Wildman–Crippen LogP) is 4.63. The van der Waals surface area contributed by atoms with E-state index < -0.39 is 11.9 Å². The van der Waals surface area contributed by atoms with Crippen molar-refractivity contribution >= 4 is 35.1 Å². The molecule has 0 aliphatic carbocycles. The molecule has 0 amide bonds. The van der Waals surface area contributed by atoms with Crippen LogP contribution in [0, 0.1) is 0 Å². The maximum Gasteiger partial charge on any atom is 0.414 e. The zero-order valence-electron chi connectivity index (χ0n) is 18.0. The van der Waals surface area contributed by atoms with Crippen LogP contribution in [0.2, 0.25) is 10.0 Å². The zero-order chi connectivity index (χ0) is 24.2. The number of halogens is 2. The lowest BCUT2D eigenvalue weighted by Crippen LogP contribution is -2.19. The van der Waals surface area contributed by atoms with Crippen LogP contribution in [0.15, 0.2) is 60.8 Å². The number of carbonyl (C=O) groups is 2. The summed E-state index contributed by atoms with van der Waals surface area (Å²) in [6.07, 6.45) is 3.91. The van der Waals surface area contributed by atoms with Crippen molar-refractivity contribution in [2.24, 2.45) is 0 Å². The molecule has 8 nitrogen and oxygen atoms in total. The summed E-state index contributed by atoms with van der Waals surface area (Å²) in [6, 6.07) is 17.8. The normalized spacial score (nSPS) is 10.4. The van der Waals surface area contributed by atoms with E-state index >= 15 is 0 Å². The Balaban J connectivity index is 0.000000569. The Labute approximate surface area is 201 Å². The lowest BCUT2D eigenvalue weighted by molar-refractivity contribution is -0.159. The summed E-state index contributed by atoms with van der Waals surface area (Å²) >= 11 is 12.0. The number of hydrogen-bond acceptors (Lipinski definition) is 5. The molecule has 0 aliphatic heterocycles. The van der Waals surface area contributed by atoms with Gasteiger partial charge in [-0.2, -0.15) is 0 Å². The van der Waals surface area contributed by atoms with Crippen molar-refractivity contribution in [3.8, 4) is 11.6 Å². The van der Waals surface area contributed by atoms with E-state index in [0.717, 1.165) is 31.6 Å². The molecule has 0 saturated heterocycles. The fourth-order valence-electron chi connectivity index (χ4n) is 2.79. The van der Waals surface area contributed by atoms with Gasteiger partial charge in [-0.15, -0.1) is 5.10 Å². The highest BCUT2D eigenvalue weighted by atomic mass is 35.5. The summed E-state index contributed by atoms with van der Waals surface area (Å²) in [4.78, 5) is 20.5. The second-order valence-electron chi connectivity index (χ2n) is 7.09. The fourth-order valence-corrected chi connectivity index (χ4v) is 3.08. The average Bonchev–Trinajstić information content (AvgIpc) is 3.25. The number of carboxylic acids is 2. The molecule has 2 aromatic carbocycles. The SMILES string of the molecule is CN(CCCCOc1ccn(-c2ccc(Cl)c(Cl)c2)n1)Cc1ccccc1.O=C(O)C(=O)O. The molecule has 0 unspecified atom stereocenters. The van der Waals surface area contributed by atoms with Gasteiger partial charge in [-0.3, -0.25) is 0 Å². The highest BCUT2D eigenvalue weighted by Crippen LogP contribution is 2.24. The smallest absolute Gasteiger partial charge is 0.414 e. The summed E-state index contributed by atoms with van der Waals surface area (Å²) < 4.78 is 7.48. The summed E-state index contributed by atoms with van der Waals surface area (Å²) in [5, 5.41) is 20.2. The highest BCUT2D eigenvalue weighted by molar-refractivity contribution is 6.42. The minimum atomic E-state index is -1.82. The Morgan fingerprint density at radius 2 is 1.70 bits per heavy atom. The summed E-state index contributed by atoms with van der Waals surface area (Å²) in [6.45, 7) is 2.66. The van der Waals surface area contributed by atoms with Gasteiger partial charge in [0.2, 0.25) is 5.88 Å². The van der Waals surface area contributed by atoms with Crippen LogP contribution in [-0.4, -0.2) is 57.0 Å². The van der Waals surface area contributed by atoms with E-state index in [4.69, 9.17) is 47.7 Å². The van der Waals surface area contributed by atoms with Crippen LogP contribution in [0.1, 0.15) is 18.4 Å². The zero-order valence-corrected chi connectivity index (χ0v) is 19.5. The molecule has 10 heteroatoms. The number of aliphatic carboxylic acids is 2. The molecule has 33 heavy (non-hydrogen) atoms. The molecule has 1 aromatic heterocycles. The van der Waals surface area contributed by atoms with E-state index in [1.165, 1.54) is 5.56 Å². The summed E-state index contributed by atoms with van der Waals surface area (Å²) in [5.41, 5.74) is 2.19. The van der Waals surface area contributed by atoms with E-state index in [9.17, 15) is 0 Å². The Morgan fingerprint density at radius 3 is 2.33 bits per heavy atom. The van der Waals surface area contributed by atoms with Crippen LogP contribution in [-0.2, 0) is 16.1 Å². The first-order valence-corrected chi connectivity index (χ1v) is 10.8. The van der Waals surface area contributed by atoms with Gasteiger partial charge in [-0.1, -0.05) is 53.5 Å². The van der Waals surface area contributed by atoms with E-state index in [1.54, 1.807) is 16.8 Å². The van der Waals surface area contributed by atoms with Crippen LogP contribution in [0.5, 0.6) is 5.88 Å². The molecule has 3 rings (SSSR count). The molecule has 0 radical (unpaired) electrons. The lowest BCUT2D eigenvalue weighted by atomic mass is 10.2. The van der Waals surface area contributed by atoms with Crippen LogP contribution < -0.4 is 4.74 Å². The van der Waals surface area contributed by atoms with Crippen LogP contribution >= 0.6 is 23.2 Å². The molecule has 0 atom stereocenters. The molecular formula is C23H25Cl2N3O5. The molecule has 2 N–H and O–H groups in total. The van der Waals surface area contributed by atoms with E-state index in [1.807, 2.05) is 24.4 Å². The topological polar surface area (TPSA) is 105 Å². The van der Waals surface area contributed by atoms with Gasteiger partial charge in [0.15, 0.2) is 0 Å². The molecule has 0 fully saturated rings. The van der Waals surface area contributed by atoms with Crippen molar-refractivity contribution in [3.05, 3.63) is 76.4 Å². The quantitative estimate of drug-likeness (QED) is 0.330. The predicted molar refractivity (Wildman–Crippen MR) is 126 cm³/mol. The number of ether oxygens (including phenoxy) is 1. The Bertz CT molecular complexity index is 1030. The number of hydrogen-bond donors (Lipinski definition) is 2. The standard InChI is InChI=1S/C21H23Cl2N3O.C2H2O4/c1-25(16-17-7-3-2-4-8-17)12-5-6-14-27-21-11-13-26(24-21)18-9-10-19(22)20(23)15-18;3-1(4)2(5)6/h2-4,7-11,13,15H,5-6,12,14,16H2,1H3;(H,3,4)(H,5,6). The first-order chi connectivity index (χ1) is 15.8. The van der Waals surface area contributed by atoms with Gasteiger partial charge in [0.05, 0.1) is 22.3 Å². The molecular weight excluding hydrogens is 469 g/mol. The summed E-state index contributed by atoms with van der Waals surface area (Å²) in [5.74, 6) is -3.04. The third-order valence-electron chi connectivity index (χ3n) is 4.39. The third-order valence-corrected chi connectivity index (χ3v) is 5.13.